The van der Waals surface area contributed by atoms with Gasteiger partial charge >= 0.3 is 0 Å². The fraction of sp³-hybridized carbons (Fsp3) is 0.286. The molecule has 2 aromatic carbocycles. The summed E-state index contributed by atoms with van der Waals surface area (Å²) in [6.07, 6.45) is 3.77. The Bertz CT molecular complexity index is 890. The number of hydrogen-bond acceptors (Lipinski definition) is 3. The van der Waals surface area contributed by atoms with Crippen molar-refractivity contribution in [3.8, 4) is 0 Å². The van der Waals surface area contributed by atoms with Gasteiger partial charge in [-0.1, -0.05) is 12.1 Å². The molecule has 5 heteroatoms. The summed E-state index contributed by atoms with van der Waals surface area (Å²) in [6, 6.07) is 13.2. The molecule has 0 N–H and O–H groups in total. The van der Waals surface area contributed by atoms with Gasteiger partial charge in [0, 0.05) is 36.4 Å². The van der Waals surface area contributed by atoms with Crippen LogP contribution in [0.2, 0.25) is 0 Å². The third-order valence-electron chi connectivity index (χ3n) is 4.86. The maximum Gasteiger partial charge on any atom is 0.125 e. The van der Waals surface area contributed by atoms with Crippen LogP contribution in [0.5, 0.6) is 0 Å². The van der Waals surface area contributed by atoms with Gasteiger partial charge in [-0.3, -0.25) is 4.98 Å². The molecule has 0 unspecified atom stereocenters. The number of benzene rings is 2. The van der Waals surface area contributed by atoms with Gasteiger partial charge in [-0.05, 0) is 48.7 Å². The van der Waals surface area contributed by atoms with Crippen molar-refractivity contribution in [1.82, 2.24) is 4.98 Å². The van der Waals surface area contributed by atoms with Crippen LogP contribution < -0.4 is 4.90 Å². The minimum atomic E-state index is -0.268. The van der Waals surface area contributed by atoms with Crippen LogP contribution in [0.4, 0.5) is 14.5 Å². The summed E-state index contributed by atoms with van der Waals surface area (Å²) in [6.45, 7) is 2.26. The number of fused-ring (bicyclic) bond motifs is 1. The van der Waals surface area contributed by atoms with Crippen molar-refractivity contribution in [1.29, 1.82) is 0 Å². The Labute approximate surface area is 151 Å². The molecule has 0 atom stereocenters. The lowest BCUT2D eigenvalue weighted by Crippen LogP contribution is -2.37. The van der Waals surface area contributed by atoms with E-state index in [4.69, 9.17) is 4.74 Å². The third kappa shape index (κ3) is 3.68. The maximum atomic E-state index is 13.4. The topological polar surface area (TPSA) is 25.4 Å². The van der Waals surface area contributed by atoms with Gasteiger partial charge in [-0.25, -0.2) is 8.78 Å². The second kappa shape index (κ2) is 7.38. The standard InChI is InChI=1S/C21H20F2N2O/c22-16-3-1-15(2-4-16)14-26-18-8-11-25(12-9-18)21-7-10-24-20-13-17(23)5-6-19(20)21/h1-7,10,13,18H,8-9,11-12,14H2. The molecule has 0 radical (unpaired) electrons. The second-order valence-corrected chi connectivity index (χ2v) is 6.62. The number of anilines is 1. The molecule has 0 saturated carbocycles. The second-order valence-electron chi connectivity index (χ2n) is 6.62. The molecule has 0 spiro atoms. The van der Waals surface area contributed by atoms with E-state index >= 15 is 0 Å². The molecule has 1 aromatic heterocycles. The van der Waals surface area contributed by atoms with Crippen molar-refractivity contribution in [2.45, 2.75) is 25.6 Å². The lowest BCUT2D eigenvalue weighted by atomic mass is 10.1. The fourth-order valence-corrected chi connectivity index (χ4v) is 3.44. The van der Waals surface area contributed by atoms with Crippen LogP contribution in [-0.4, -0.2) is 24.2 Å². The molecule has 3 nitrogen and oxygen atoms in total. The molecule has 1 aliphatic heterocycles. The molecule has 26 heavy (non-hydrogen) atoms. The normalized spacial score (nSPS) is 15.5. The quantitative estimate of drug-likeness (QED) is 0.679. The van der Waals surface area contributed by atoms with E-state index in [0.717, 1.165) is 42.6 Å². The Morgan fingerprint density at radius 1 is 0.962 bits per heavy atom. The number of piperidine rings is 1. The highest BCUT2D eigenvalue weighted by Gasteiger charge is 2.21. The van der Waals surface area contributed by atoms with Crippen molar-refractivity contribution in [2.24, 2.45) is 0 Å². The monoisotopic (exact) mass is 354 g/mol. The number of aromatic nitrogens is 1. The van der Waals surface area contributed by atoms with Gasteiger partial charge in [0.15, 0.2) is 0 Å². The van der Waals surface area contributed by atoms with Crippen LogP contribution in [0.15, 0.2) is 54.7 Å². The van der Waals surface area contributed by atoms with E-state index in [2.05, 4.69) is 9.88 Å². The van der Waals surface area contributed by atoms with E-state index in [0.29, 0.717) is 12.1 Å². The molecule has 2 heterocycles. The Hall–Kier alpha value is -2.53. The molecule has 0 amide bonds. The lowest BCUT2D eigenvalue weighted by Gasteiger charge is -2.34. The summed E-state index contributed by atoms with van der Waals surface area (Å²) in [5, 5.41) is 0.972. The van der Waals surface area contributed by atoms with Gasteiger partial charge in [-0.15, -0.1) is 0 Å². The summed E-state index contributed by atoms with van der Waals surface area (Å²) in [5.41, 5.74) is 2.75. The van der Waals surface area contributed by atoms with Crippen LogP contribution in [0.3, 0.4) is 0 Å². The average Bonchev–Trinajstić information content (AvgIpc) is 2.67. The molecule has 0 aliphatic carbocycles. The third-order valence-corrected chi connectivity index (χ3v) is 4.86. The number of ether oxygens (including phenoxy) is 1. The molecule has 1 saturated heterocycles. The first-order valence-electron chi connectivity index (χ1n) is 8.84. The first kappa shape index (κ1) is 16.9. The van der Waals surface area contributed by atoms with E-state index in [9.17, 15) is 8.78 Å². The molecular weight excluding hydrogens is 334 g/mol. The van der Waals surface area contributed by atoms with Crippen LogP contribution in [0.25, 0.3) is 10.9 Å². The first-order chi connectivity index (χ1) is 12.7. The highest BCUT2D eigenvalue weighted by atomic mass is 19.1. The predicted molar refractivity (Wildman–Crippen MR) is 98.1 cm³/mol. The van der Waals surface area contributed by atoms with E-state index in [-0.39, 0.29) is 17.7 Å². The summed E-state index contributed by atoms with van der Waals surface area (Å²) < 4.78 is 32.4. The van der Waals surface area contributed by atoms with Crippen molar-refractivity contribution in [3.63, 3.8) is 0 Å². The highest BCUT2D eigenvalue weighted by Crippen LogP contribution is 2.29. The molecule has 4 rings (SSSR count). The van der Waals surface area contributed by atoms with Gasteiger partial charge in [0.25, 0.3) is 0 Å². The van der Waals surface area contributed by atoms with Gasteiger partial charge in [0.2, 0.25) is 0 Å². The largest absolute Gasteiger partial charge is 0.373 e. The van der Waals surface area contributed by atoms with Gasteiger partial charge in [-0.2, -0.15) is 0 Å². The molecule has 134 valence electrons. The van der Waals surface area contributed by atoms with Gasteiger partial charge in [0.05, 0.1) is 18.2 Å². The van der Waals surface area contributed by atoms with Crippen LogP contribution in [0, 0.1) is 11.6 Å². The summed E-state index contributed by atoms with van der Waals surface area (Å²) >= 11 is 0. The summed E-state index contributed by atoms with van der Waals surface area (Å²) in [4.78, 5) is 6.57. The molecule has 1 aliphatic rings. The number of halogens is 2. The Morgan fingerprint density at radius 3 is 2.46 bits per heavy atom. The zero-order valence-corrected chi connectivity index (χ0v) is 14.4. The molecule has 1 fully saturated rings. The SMILES string of the molecule is Fc1ccc(COC2CCN(c3ccnc4cc(F)ccc34)CC2)cc1. The van der Waals surface area contributed by atoms with Crippen molar-refractivity contribution >= 4 is 16.6 Å². The minimum absolute atomic E-state index is 0.196. The first-order valence-corrected chi connectivity index (χ1v) is 8.84. The van der Waals surface area contributed by atoms with Crippen molar-refractivity contribution < 1.29 is 13.5 Å². The fourth-order valence-electron chi connectivity index (χ4n) is 3.44. The van der Waals surface area contributed by atoms with Crippen LogP contribution >= 0.6 is 0 Å². The zero-order valence-electron chi connectivity index (χ0n) is 14.4. The maximum absolute atomic E-state index is 13.4. The van der Waals surface area contributed by atoms with Crippen molar-refractivity contribution in [3.05, 3.63) is 71.9 Å². The van der Waals surface area contributed by atoms with E-state index in [1.54, 1.807) is 24.4 Å². The van der Waals surface area contributed by atoms with E-state index < -0.39 is 0 Å². The molecular formula is C21H20F2N2O. The predicted octanol–water partition coefficient (Wildman–Crippen LogP) is 4.70. The Balaban J connectivity index is 1.38. The van der Waals surface area contributed by atoms with Crippen LogP contribution in [0.1, 0.15) is 18.4 Å². The molecule has 3 aromatic rings. The van der Waals surface area contributed by atoms with Gasteiger partial charge < -0.3 is 9.64 Å². The average molecular weight is 354 g/mol. The smallest absolute Gasteiger partial charge is 0.125 e. The summed E-state index contributed by atoms with van der Waals surface area (Å²) in [7, 11) is 0. The Morgan fingerprint density at radius 2 is 1.69 bits per heavy atom. The summed E-state index contributed by atoms with van der Waals surface area (Å²) in [5.74, 6) is -0.499. The number of pyridine rings is 1. The lowest BCUT2D eigenvalue weighted by molar-refractivity contribution is 0.0251. The molecule has 0 bridgehead atoms. The van der Waals surface area contributed by atoms with Crippen LogP contribution in [-0.2, 0) is 11.3 Å². The van der Waals surface area contributed by atoms with Gasteiger partial charge in [0.1, 0.15) is 11.6 Å². The minimum Gasteiger partial charge on any atom is -0.373 e. The number of nitrogens with zero attached hydrogens (tertiary/aromatic N) is 2. The Kier molecular flexibility index (Phi) is 4.80. The number of rotatable bonds is 4. The van der Waals surface area contributed by atoms with Crippen molar-refractivity contribution in [2.75, 3.05) is 18.0 Å². The van der Waals surface area contributed by atoms with E-state index in [1.165, 1.54) is 24.3 Å². The zero-order chi connectivity index (χ0) is 17.9. The number of hydrogen-bond donors (Lipinski definition) is 0. The van der Waals surface area contributed by atoms with E-state index in [1.807, 2.05) is 6.07 Å². The highest BCUT2D eigenvalue weighted by molar-refractivity contribution is 5.91.